The lowest BCUT2D eigenvalue weighted by Gasteiger charge is -2.09. The first-order valence-corrected chi connectivity index (χ1v) is 7.76. The Balaban J connectivity index is 2.05. The fourth-order valence-electron chi connectivity index (χ4n) is 1.59. The van der Waals surface area contributed by atoms with E-state index in [0.717, 1.165) is 5.56 Å². The van der Waals surface area contributed by atoms with Crippen molar-refractivity contribution in [1.29, 1.82) is 0 Å². The number of ether oxygens (including phenoxy) is 1. The molecule has 0 saturated heterocycles. The van der Waals surface area contributed by atoms with E-state index in [2.05, 4.69) is 15.3 Å². The molecule has 0 aliphatic heterocycles. The Hall–Kier alpha value is -1.50. The van der Waals surface area contributed by atoms with Crippen LogP contribution in [0.4, 0.5) is 5.82 Å². The first-order valence-electron chi connectivity index (χ1n) is 5.83. The second-order valence-corrected chi connectivity index (χ2v) is 5.68. The number of hydrogen-bond donors (Lipinski definition) is 1. The highest BCUT2D eigenvalue weighted by Crippen LogP contribution is 2.25. The first kappa shape index (κ1) is 14.9. The third-order valence-corrected chi connectivity index (χ3v) is 3.59. The third-order valence-electron chi connectivity index (χ3n) is 2.58. The van der Waals surface area contributed by atoms with Crippen LogP contribution in [0.1, 0.15) is 5.56 Å². The molecule has 1 unspecified atom stereocenters. The fraction of sp³-hybridized carbons (Fsp3) is 0.231. The minimum Gasteiger partial charge on any atom is -0.609 e. The third kappa shape index (κ3) is 3.75. The van der Waals surface area contributed by atoms with Gasteiger partial charge in [-0.05, 0) is 23.8 Å². The molecule has 2 aromatic rings. The van der Waals surface area contributed by atoms with Crippen LogP contribution >= 0.6 is 11.6 Å². The molecule has 20 heavy (non-hydrogen) atoms. The molecular formula is C13H14ClN3O2S. The number of nitrogens with one attached hydrogen (secondary N) is 1. The van der Waals surface area contributed by atoms with Gasteiger partial charge < -0.3 is 14.6 Å². The van der Waals surface area contributed by atoms with Crippen molar-refractivity contribution in [2.24, 2.45) is 0 Å². The molecule has 5 nitrogen and oxygen atoms in total. The molecule has 106 valence electrons. The largest absolute Gasteiger partial charge is 0.609 e. The molecule has 0 bridgehead atoms. The lowest BCUT2D eigenvalue weighted by atomic mass is 10.2. The average molecular weight is 312 g/mol. The molecule has 0 aliphatic rings. The second kappa shape index (κ2) is 6.78. The van der Waals surface area contributed by atoms with E-state index in [1.54, 1.807) is 25.6 Å². The molecule has 1 aromatic carbocycles. The van der Waals surface area contributed by atoms with E-state index < -0.39 is 11.2 Å². The lowest BCUT2D eigenvalue weighted by Crippen LogP contribution is -2.07. The molecule has 0 radical (unpaired) electrons. The second-order valence-electron chi connectivity index (χ2n) is 4.00. The van der Waals surface area contributed by atoms with Gasteiger partial charge in [0, 0.05) is 23.9 Å². The van der Waals surface area contributed by atoms with Crippen LogP contribution in [0, 0.1) is 0 Å². The number of halogens is 1. The van der Waals surface area contributed by atoms with Crippen molar-refractivity contribution in [3.05, 3.63) is 41.0 Å². The van der Waals surface area contributed by atoms with Crippen LogP contribution in [0.5, 0.6) is 5.75 Å². The van der Waals surface area contributed by atoms with Gasteiger partial charge in [-0.3, -0.25) is 0 Å². The number of nitrogens with zero attached hydrogens (tertiary/aromatic N) is 2. The summed E-state index contributed by atoms with van der Waals surface area (Å²) in [4.78, 5) is 8.11. The van der Waals surface area contributed by atoms with Crippen LogP contribution in [0.15, 0.2) is 35.6 Å². The zero-order chi connectivity index (χ0) is 14.5. The molecule has 0 amide bonds. The van der Waals surface area contributed by atoms with E-state index in [9.17, 15) is 4.55 Å². The Morgan fingerprint density at radius 3 is 2.85 bits per heavy atom. The zero-order valence-corrected chi connectivity index (χ0v) is 12.7. The molecule has 0 spiro atoms. The van der Waals surface area contributed by atoms with Crippen LogP contribution in [-0.2, 0) is 17.7 Å². The summed E-state index contributed by atoms with van der Waals surface area (Å²) >= 11 is 4.86. The highest BCUT2D eigenvalue weighted by Gasteiger charge is 2.08. The smallest absolute Gasteiger partial charge is 0.344 e. The summed E-state index contributed by atoms with van der Waals surface area (Å²) in [6.45, 7) is 0.552. The molecular weight excluding hydrogens is 298 g/mol. The first-order chi connectivity index (χ1) is 9.60. The van der Waals surface area contributed by atoms with Gasteiger partial charge in [0.1, 0.15) is 17.8 Å². The summed E-state index contributed by atoms with van der Waals surface area (Å²) in [6, 6.07) is 7.28. The van der Waals surface area contributed by atoms with Gasteiger partial charge in [0.25, 0.3) is 0 Å². The van der Waals surface area contributed by atoms with Crippen molar-refractivity contribution < 1.29 is 9.29 Å². The van der Waals surface area contributed by atoms with E-state index in [1.165, 1.54) is 0 Å². The SMILES string of the molecule is COc1ccc(CNc2ccnc([S+](C)[O-])n2)cc1Cl. The van der Waals surface area contributed by atoms with Crippen LogP contribution in [0.2, 0.25) is 5.02 Å². The van der Waals surface area contributed by atoms with Crippen LogP contribution < -0.4 is 10.1 Å². The normalized spacial score (nSPS) is 12.0. The Kier molecular flexibility index (Phi) is 5.05. The summed E-state index contributed by atoms with van der Waals surface area (Å²) in [7, 11) is 1.58. The Labute approximate surface area is 125 Å². The highest BCUT2D eigenvalue weighted by atomic mass is 35.5. The monoisotopic (exact) mass is 311 g/mol. The standard InChI is InChI=1S/C13H14ClN3O2S/c1-19-11-4-3-9(7-10(11)14)8-16-12-5-6-15-13(17-12)20(2)18/h3-7H,8H2,1-2H3,(H,15,16,17). The van der Waals surface area contributed by atoms with Gasteiger partial charge in [0.2, 0.25) is 0 Å². The Morgan fingerprint density at radius 2 is 2.20 bits per heavy atom. The number of methoxy groups -OCH3 is 1. The van der Waals surface area contributed by atoms with Gasteiger partial charge >= 0.3 is 5.16 Å². The molecule has 7 heteroatoms. The number of benzene rings is 1. The number of anilines is 1. The maximum absolute atomic E-state index is 11.3. The van der Waals surface area contributed by atoms with E-state index >= 15 is 0 Å². The van der Waals surface area contributed by atoms with Crippen molar-refractivity contribution >= 4 is 28.6 Å². The Bertz CT molecular complexity index is 596. The quantitative estimate of drug-likeness (QED) is 0.678. The number of hydrogen-bond acceptors (Lipinski definition) is 5. The highest BCUT2D eigenvalue weighted by molar-refractivity contribution is 7.90. The zero-order valence-electron chi connectivity index (χ0n) is 11.1. The minimum atomic E-state index is -1.20. The van der Waals surface area contributed by atoms with Crippen molar-refractivity contribution in [2.75, 3.05) is 18.7 Å². The maximum Gasteiger partial charge on any atom is 0.344 e. The van der Waals surface area contributed by atoms with E-state index in [1.807, 2.05) is 18.2 Å². The van der Waals surface area contributed by atoms with Crippen LogP contribution in [0.3, 0.4) is 0 Å². The molecule has 2 rings (SSSR count). The van der Waals surface area contributed by atoms with E-state index in [0.29, 0.717) is 28.3 Å². The molecule has 1 N–H and O–H groups in total. The van der Waals surface area contributed by atoms with Gasteiger partial charge in [0.15, 0.2) is 0 Å². The van der Waals surface area contributed by atoms with Gasteiger partial charge in [-0.15, -0.1) is 0 Å². The van der Waals surface area contributed by atoms with E-state index in [-0.39, 0.29) is 0 Å². The fourth-order valence-corrected chi connectivity index (χ4v) is 2.31. The number of rotatable bonds is 5. The Morgan fingerprint density at radius 1 is 1.40 bits per heavy atom. The van der Waals surface area contributed by atoms with Crippen molar-refractivity contribution in [3.8, 4) is 5.75 Å². The van der Waals surface area contributed by atoms with Crippen LogP contribution in [0.25, 0.3) is 0 Å². The summed E-state index contributed by atoms with van der Waals surface area (Å²) in [5.74, 6) is 1.26. The molecule has 1 aromatic heterocycles. The lowest BCUT2D eigenvalue weighted by molar-refractivity contribution is 0.415. The number of aromatic nitrogens is 2. The van der Waals surface area contributed by atoms with Crippen molar-refractivity contribution in [1.82, 2.24) is 9.97 Å². The predicted molar refractivity (Wildman–Crippen MR) is 79.7 cm³/mol. The van der Waals surface area contributed by atoms with Crippen molar-refractivity contribution in [3.63, 3.8) is 0 Å². The summed E-state index contributed by atoms with van der Waals surface area (Å²) in [6.07, 6.45) is 3.12. The van der Waals surface area contributed by atoms with E-state index in [4.69, 9.17) is 16.3 Å². The van der Waals surface area contributed by atoms with Gasteiger partial charge in [-0.1, -0.05) is 17.7 Å². The molecule has 0 aliphatic carbocycles. The topological polar surface area (TPSA) is 70.1 Å². The minimum absolute atomic E-state index is 0.308. The van der Waals surface area contributed by atoms with Gasteiger partial charge in [-0.2, -0.15) is 9.97 Å². The molecule has 0 fully saturated rings. The molecule has 1 heterocycles. The maximum atomic E-state index is 11.3. The summed E-state index contributed by atoms with van der Waals surface area (Å²) in [5, 5.41) is 4.00. The predicted octanol–water partition coefficient (Wildman–Crippen LogP) is 2.49. The van der Waals surface area contributed by atoms with Gasteiger partial charge in [0.05, 0.1) is 12.1 Å². The average Bonchev–Trinajstić information content (AvgIpc) is 2.45. The van der Waals surface area contributed by atoms with Crippen LogP contribution in [-0.4, -0.2) is 27.9 Å². The molecule has 0 saturated carbocycles. The summed E-state index contributed by atoms with van der Waals surface area (Å²) < 4.78 is 16.4. The summed E-state index contributed by atoms with van der Waals surface area (Å²) in [5.41, 5.74) is 0.994. The van der Waals surface area contributed by atoms with Crippen molar-refractivity contribution in [2.45, 2.75) is 11.7 Å². The van der Waals surface area contributed by atoms with Gasteiger partial charge in [-0.25, -0.2) is 0 Å². The molecule has 1 atom stereocenters.